The Hall–Kier alpha value is -2.94. The van der Waals surface area contributed by atoms with Gasteiger partial charge in [-0.1, -0.05) is 18.2 Å². The summed E-state index contributed by atoms with van der Waals surface area (Å²) < 4.78 is 10.5. The first-order chi connectivity index (χ1) is 14.1. The second-order valence-electron chi connectivity index (χ2n) is 6.23. The molecule has 0 aliphatic rings. The third kappa shape index (κ3) is 3.95. The van der Waals surface area contributed by atoms with Crippen molar-refractivity contribution in [3.8, 4) is 5.75 Å². The van der Waals surface area contributed by atoms with Crippen molar-refractivity contribution in [2.75, 3.05) is 7.11 Å². The first-order valence-corrected chi connectivity index (χ1v) is 10.5. The highest BCUT2D eigenvalue weighted by Gasteiger charge is 2.17. The van der Waals surface area contributed by atoms with Gasteiger partial charge < -0.3 is 19.6 Å². The van der Waals surface area contributed by atoms with Crippen molar-refractivity contribution < 1.29 is 19.1 Å². The molecular weight excluding hydrogens is 410 g/mol. The van der Waals surface area contributed by atoms with Gasteiger partial charge in [-0.15, -0.1) is 22.7 Å². The highest BCUT2D eigenvalue weighted by atomic mass is 32.1. The van der Waals surface area contributed by atoms with Gasteiger partial charge in [0.05, 0.1) is 13.7 Å². The van der Waals surface area contributed by atoms with E-state index in [2.05, 4.69) is 5.32 Å². The van der Waals surface area contributed by atoms with Crippen LogP contribution < -0.4 is 15.7 Å². The first kappa shape index (κ1) is 19.4. The normalized spacial score (nSPS) is 12.1. The van der Waals surface area contributed by atoms with Crippen LogP contribution in [0, 0.1) is 0 Å². The molecule has 0 saturated carbocycles. The number of methoxy groups -OCH3 is 1. The SMILES string of the molecule is COc1cccc2cc(C(=O)NCc3ccc([C@H](O)c4cccs4)s3)c(=O)oc12. The zero-order chi connectivity index (χ0) is 20.4. The number of carbonyl (C=O) groups excluding carboxylic acids is 1. The third-order valence-corrected chi connectivity index (χ3v) is 6.44. The monoisotopic (exact) mass is 427 g/mol. The molecule has 2 N–H and O–H groups in total. The fourth-order valence-corrected chi connectivity index (χ4v) is 4.68. The molecule has 1 aromatic carbocycles. The summed E-state index contributed by atoms with van der Waals surface area (Å²) in [4.78, 5) is 27.3. The number of benzene rings is 1. The number of rotatable bonds is 6. The van der Waals surface area contributed by atoms with Crippen molar-refractivity contribution >= 4 is 39.5 Å². The topological polar surface area (TPSA) is 88.8 Å². The summed E-state index contributed by atoms with van der Waals surface area (Å²) in [6.45, 7) is 0.246. The average Bonchev–Trinajstić information content (AvgIpc) is 3.43. The molecule has 0 unspecified atom stereocenters. The molecule has 3 aromatic heterocycles. The van der Waals surface area contributed by atoms with E-state index in [-0.39, 0.29) is 12.1 Å². The van der Waals surface area contributed by atoms with Crippen LogP contribution in [0.25, 0.3) is 11.0 Å². The average molecular weight is 428 g/mol. The van der Waals surface area contributed by atoms with E-state index >= 15 is 0 Å². The number of fused-ring (bicyclic) bond motifs is 1. The molecule has 29 heavy (non-hydrogen) atoms. The molecule has 0 aliphatic carbocycles. The maximum atomic E-state index is 12.5. The highest BCUT2D eigenvalue weighted by Crippen LogP contribution is 2.31. The van der Waals surface area contributed by atoms with Crippen LogP contribution in [0.15, 0.2) is 63.1 Å². The lowest BCUT2D eigenvalue weighted by atomic mass is 10.1. The second-order valence-corrected chi connectivity index (χ2v) is 8.41. The third-order valence-electron chi connectivity index (χ3n) is 4.38. The van der Waals surface area contributed by atoms with Crippen LogP contribution in [0.1, 0.15) is 31.1 Å². The van der Waals surface area contributed by atoms with Crippen LogP contribution in [-0.4, -0.2) is 18.1 Å². The predicted octanol–water partition coefficient (Wildman–Crippen LogP) is 3.94. The zero-order valence-electron chi connectivity index (χ0n) is 15.4. The number of nitrogens with one attached hydrogen (secondary N) is 1. The number of thiophene rings is 2. The highest BCUT2D eigenvalue weighted by molar-refractivity contribution is 7.12. The quantitative estimate of drug-likeness (QED) is 0.455. The van der Waals surface area contributed by atoms with Gasteiger partial charge in [0, 0.05) is 20.0 Å². The maximum absolute atomic E-state index is 12.5. The van der Waals surface area contributed by atoms with Crippen molar-refractivity contribution in [1.29, 1.82) is 0 Å². The smallest absolute Gasteiger partial charge is 0.349 e. The minimum absolute atomic E-state index is 0.0684. The van der Waals surface area contributed by atoms with Crippen LogP contribution in [0.4, 0.5) is 0 Å². The van der Waals surface area contributed by atoms with Crippen molar-refractivity contribution in [1.82, 2.24) is 5.32 Å². The Bertz CT molecular complexity index is 1210. The molecule has 1 atom stereocenters. The first-order valence-electron chi connectivity index (χ1n) is 8.76. The Kier molecular flexibility index (Phi) is 5.48. The standard InChI is InChI=1S/C21H17NO5S2/c1-26-15-5-2-4-12-10-14(21(25)27-19(12)15)20(24)22-11-13-7-8-17(29-13)18(23)16-6-3-9-28-16/h2-10,18,23H,11H2,1H3,(H,22,24)/t18-/m1/s1. The fraction of sp³-hybridized carbons (Fsp3) is 0.143. The molecule has 0 radical (unpaired) electrons. The molecule has 0 aliphatic heterocycles. The summed E-state index contributed by atoms with van der Waals surface area (Å²) in [5, 5.41) is 15.7. The molecule has 0 bridgehead atoms. The summed E-state index contributed by atoms with van der Waals surface area (Å²) >= 11 is 2.90. The van der Waals surface area contributed by atoms with Crippen molar-refractivity contribution in [2.24, 2.45) is 0 Å². The van der Waals surface area contributed by atoms with Gasteiger partial charge >= 0.3 is 5.63 Å². The molecule has 0 spiro atoms. The molecule has 8 heteroatoms. The lowest BCUT2D eigenvalue weighted by molar-refractivity contribution is 0.0947. The zero-order valence-corrected chi connectivity index (χ0v) is 17.0. The van der Waals surface area contributed by atoms with Crippen molar-refractivity contribution in [3.05, 3.63) is 84.5 Å². The van der Waals surface area contributed by atoms with E-state index < -0.39 is 17.6 Å². The number of hydrogen-bond donors (Lipinski definition) is 2. The number of carbonyl (C=O) groups is 1. The van der Waals surface area contributed by atoms with Crippen LogP contribution >= 0.6 is 22.7 Å². The van der Waals surface area contributed by atoms with Gasteiger partial charge in [0.1, 0.15) is 11.7 Å². The van der Waals surface area contributed by atoms with Crippen LogP contribution in [0.2, 0.25) is 0 Å². The van der Waals surface area contributed by atoms with Gasteiger partial charge in [0.25, 0.3) is 5.91 Å². The van der Waals surface area contributed by atoms with E-state index in [1.165, 1.54) is 35.8 Å². The Morgan fingerprint density at radius 3 is 2.83 bits per heavy atom. The van der Waals surface area contributed by atoms with E-state index in [9.17, 15) is 14.7 Å². The molecule has 4 rings (SSSR count). The molecule has 4 aromatic rings. The summed E-state index contributed by atoms with van der Waals surface area (Å²) in [6, 6.07) is 14.2. The summed E-state index contributed by atoms with van der Waals surface area (Å²) in [7, 11) is 1.49. The maximum Gasteiger partial charge on any atom is 0.349 e. The van der Waals surface area contributed by atoms with E-state index in [0.717, 1.165) is 14.6 Å². The lowest BCUT2D eigenvalue weighted by Gasteiger charge is -2.07. The van der Waals surface area contributed by atoms with Crippen molar-refractivity contribution in [2.45, 2.75) is 12.6 Å². The van der Waals surface area contributed by atoms with E-state index in [1.54, 1.807) is 18.2 Å². The molecule has 0 saturated heterocycles. The summed E-state index contributed by atoms with van der Waals surface area (Å²) in [6.07, 6.45) is -0.674. The number of amides is 1. The van der Waals surface area contributed by atoms with Gasteiger partial charge in [-0.2, -0.15) is 0 Å². The molecular formula is C21H17NO5S2. The fourth-order valence-electron chi connectivity index (χ4n) is 2.92. The Balaban J connectivity index is 1.49. The molecule has 3 heterocycles. The largest absolute Gasteiger partial charge is 0.493 e. The predicted molar refractivity (Wildman–Crippen MR) is 113 cm³/mol. The number of aliphatic hydroxyl groups excluding tert-OH is 1. The Labute approximate surface area is 174 Å². The lowest BCUT2D eigenvalue weighted by Crippen LogP contribution is -2.27. The summed E-state index contributed by atoms with van der Waals surface area (Å²) in [5.74, 6) is -0.0841. The number of para-hydroxylation sites is 1. The van der Waals surface area contributed by atoms with Crippen molar-refractivity contribution in [3.63, 3.8) is 0 Å². The number of hydrogen-bond acceptors (Lipinski definition) is 7. The van der Waals surface area contributed by atoms with E-state index in [0.29, 0.717) is 16.7 Å². The van der Waals surface area contributed by atoms with Gasteiger partial charge in [0.15, 0.2) is 11.3 Å². The summed E-state index contributed by atoms with van der Waals surface area (Å²) in [5.41, 5.74) is -0.484. The molecule has 0 fully saturated rings. The van der Waals surface area contributed by atoms with E-state index in [4.69, 9.17) is 9.15 Å². The number of ether oxygens (including phenoxy) is 1. The van der Waals surface area contributed by atoms with Gasteiger partial charge in [-0.25, -0.2) is 4.79 Å². The van der Waals surface area contributed by atoms with Crippen LogP contribution in [-0.2, 0) is 6.54 Å². The van der Waals surface area contributed by atoms with Gasteiger partial charge in [-0.05, 0) is 35.7 Å². The molecule has 6 nitrogen and oxygen atoms in total. The molecule has 148 valence electrons. The second kappa shape index (κ2) is 8.20. The van der Waals surface area contributed by atoms with E-state index in [1.807, 2.05) is 29.6 Å². The Morgan fingerprint density at radius 2 is 2.07 bits per heavy atom. The van der Waals surface area contributed by atoms with Gasteiger partial charge in [-0.3, -0.25) is 4.79 Å². The van der Waals surface area contributed by atoms with Gasteiger partial charge in [0.2, 0.25) is 0 Å². The Morgan fingerprint density at radius 1 is 1.21 bits per heavy atom. The van der Waals surface area contributed by atoms with Crippen LogP contribution in [0.3, 0.4) is 0 Å². The molecule has 1 amide bonds. The number of aliphatic hydroxyl groups is 1. The minimum Gasteiger partial charge on any atom is -0.493 e. The van der Waals surface area contributed by atoms with Crippen LogP contribution in [0.5, 0.6) is 5.75 Å². The minimum atomic E-state index is -0.723.